The third-order valence-electron chi connectivity index (χ3n) is 5.02. The lowest BCUT2D eigenvalue weighted by Gasteiger charge is -2.35. The highest BCUT2D eigenvalue weighted by atomic mass is 16.4. The van der Waals surface area contributed by atoms with Gasteiger partial charge in [-0.15, -0.1) is 0 Å². The van der Waals surface area contributed by atoms with Crippen LogP contribution in [-0.4, -0.2) is 57.1 Å². The molecule has 7 heteroatoms. The van der Waals surface area contributed by atoms with Crippen molar-refractivity contribution >= 4 is 17.8 Å². The van der Waals surface area contributed by atoms with Gasteiger partial charge in [0.2, 0.25) is 5.91 Å². The zero-order valence-corrected chi connectivity index (χ0v) is 13.8. The quantitative estimate of drug-likeness (QED) is 0.645. The molecule has 0 bridgehead atoms. The molecule has 1 amide bonds. The number of aliphatic carboxylic acids is 2. The van der Waals surface area contributed by atoms with Gasteiger partial charge in [-0.05, 0) is 38.5 Å². The Morgan fingerprint density at radius 1 is 1.33 bits per heavy atom. The SMILES string of the molecule is [2H]C([2H])([2H])[C@]([2H])(N[C@@H](CCC)C(=O)O)C(=O)N1[C@H](C(=O)O)C[C@@H]2CCCC[C@@H]21. The molecular formula is C17H28N2O5. The summed E-state index contributed by atoms with van der Waals surface area (Å²) in [5.74, 6) is -3.83. The normalized spacial score (nSPS) is 33.2. The van der Waals surface area contributed by atoms with Crippen LogP contribution in [0.25, 0.3) is 0 Å². The Morgan fingerprint density at radius 3 is 2.62 bits per heavy atom. The predicted octanol–water partition coefficient (Wildman–Crippen LogP) is 1.46. The van der Waals surface area contributed by atoms with Gasteiger partial charge >= 0.3 is 11.9 Å². The molecule has 1 heterocycles. The van der Waals surface area contributed by atoms with Crippen LogP contribution >= 0.6 is 0 Å². The second kappa shape index (κ2) is 7.96. The number of fused-ring (bicyclic) bond motifs is 1. The Kier molecular flexibility index (Phi) is 4.52. The molecule has 1 aliphatic carbocycles. The van der Waals surface area contributed by atoms with Crippen molar-refractivity contribution in [3.8, 4) is 0 Å². The van der Waals surface area contributed by atoms with Gasteiger partial charge in [0.05, 0.1) is 7.39 Å². The lowest BCUT2D eigenvalue weighted by atomic mass is 9.84. The molecule has 1 aliphatic heterocycles. The standard InChI is InChI=1S/C17H28N2O5/c1-3-6-12(16(21)22)18-10(2)15(20)19-13-8-5-4-7-11(13)9-14(19)17(23)24/h10-14,18H,3-9H2,1-2H3,(H,21,22)(H,23,24)/t10-,11-,12-,13-,14-/m0/s1/i2D3,10D. The molecule has 0 radical (unpaired) electrons. The Hall–Kier alpha value is -1.63. The smallest absolute Gasteiger partial charge is 0.326 e. The van der Waals surface area contributed by atoms with Gasteiger partial charge in [0.25, 0.3) is 0 Å². The van der Waals surface area contributed by atoms with Crippen molar-refractivity contribution in [3.05, 3.63) is 0 Å². The summed E-state index contributed by atoms with van der Waals surface area (Å²) in [6, 6.07) is -5.99. The van der Waals surface area contributed by atoms with Crippen molar-refractivity contribution in [3.63, 3.8) is 0 Å². The van der Waals surface area contributed by atoms with Gasteiger partial charge < -0.3 is 15.1 Å². The number of carbonyl (C=O) groups excluding carboxylic acids is 1. The van der Waals surface area contributed by atoms with Crippen LogP contribution in [0, 0.1) is 5.92 Å². The monoisotopic (exact) mass is 344 g/mol. The Morgan fingerprint density at radius 2 is 2.04 bits per heavy atom. The van der Waals surface area contributed by atoms with E-state index in [1.807, 2.05) is 0 Å². The van der Waals surface area contributed by atoms with E-state index in [1.165, 1.54) is 0 Å². The maximum absolute atomic E-state index is 13.3. The summed E-state index contributed by atoms with van der Waals surface area (Å²) in [4.78, 5) is 37.6. The molecule has 5 atom stereocenters. The van der Waals surface area contributed by atoms with Gasteiger partial charge in [0.1, 0.15) is 12.1 Å². The molecule has 1 saturated heterocycles. The maximum atomic E-state index is 13.3. The number of carbonyl (C=O) groups is 3. The zero-order chi connectivity index (χ0) is 21.3. The van der Waals surface area contributed by atoms with Crippen LogP contribution in [0.4, 0.5) is 0 Å². The summed E-state index contributed by atoms with van der Waals surface area (Å²) in [6.07, 6.45) is 3.66. The molecule has 1 saturated carbocycles. The predicted molar refractivity (Wildman–Crippen MR) is 87.6 cm³/mol. The van der Waals surface area contributed by atoms with E-state index in [1.54, 1.807) is 6.92 Å². The average Bonchev–Trinajstić information content (AvgIpc) is 2.99. The van der Waals surface area contributed by atoms with E-state index >= 15 is 0 Å². The summed E-state index contributed by atoms with van der Waals surface area (Å²) in [5.41, 5.74) is 0. The Labute approximate surface area is 148 Å². The van der Waals surface area contributed by atoms with Crippen molar-refractivity contribution in [2.45, 2.75) is 82.9 Å². The minimum absolute atomic E-state index is 0.0355. The van der Waals surface area contributed by atoms with Crippen LogP contribution in [0.15, 0.2) is 0 Å². The molecule has 0 aromatic carbocycles. The van der Waals surface area contributed by atoms with Gasteiger partial charge in [-0.1, -0.05) is 26.2 Å². The first-order valence-electron chi connectivity index (χ1n) is 10.5. The molecular weight excluding hydrogens is 312 g/mol. The highest BCUT2D eigenvalue weighted by molar-refractivity contribution is 5.88. The summed E-state index contributed by atoms with van der Waals surface area (Å²) in [6.45, 7) is -1.48. The first-order chi connectivity index (χ1) is 12.9. The van der Waals surface area contributed by atoms with E-state index in [0.29, 0.717) is 12.8 Å². The van der Waals surface area contributed by atoms with E-state index in [9.17, 15) is 24.6 Å². The summed E-state index contributed by atoms with van der Waals surface area (Å²) < 4.78 is 31.7. The fraction of sp³-hybridized carbons (Fsp3) is 0.824. The summed E-state index contributed by atoms with van der Waals surface area (Å²) >= 11 is 0. The van der Waals surface area contributed by atoms with E-state index in [0.717, 1.165) is 24.2 Å². The third-order valence-corrected chi connectivity index (χ3v) is 5.02. The van der Waals surface area contributed by atoms with E-state index in [-0.39, 0.29) is 18.8 Å². The van der Waals surface area contributed by atoms with E-state index in [4.69, 9.17) is 5.48 Å². The number of carboxylic acid groups (broad SMARTS) is 2. The van der Waals surface area contributed by atoms with Crippen molar-refractivity contribution in [2.24, 2.45) is 5.92 Å². The topological polar surface area (TPSA) is 107 Å². The van der Waals surface area contributed by atoms with Crippen molar-refractivity contribution in [2.75, 3.05) is 0 Å². The van der Waals surface area contributed by atoms with Gasteiger partial charge in [-0.2, -0.15) is 0 Å². The number of hydrogen-bond acceptors (Lipinski definition) is 4. The first-order valence-corrected chi connectivity index (χ1v) is 8.50. The number of nitrogens with one attached hydrogen (secondary N) is 1. The fourth-order valence-corrected chi connectivity index (χ4v) is 3.88. The Bertz CT molecular complexity index is 629. The lowest BCUT2D eigenvalue weighted by Crippen LogP contribution is -2.55. The van der Waals surface area contributed by atoms with E-state index in [2.05, 4.69) is 5.32 Å². The van der Waals surface area contributed by atoms with Crippen molar-refractivity contribution in [1.29, 1.82) is 0 Å². The second-order valence-corrected chi connectivity index (χ2v) is 6.61. The molecule has 7 nitrogen and oxygen atoms in total. The second-order valence-electron chi connectivity index (χ2n) is 6.61. The lowest BCUT2D eigenvalue weighted by molar-refractivity contribution is -0.151. The zero-order valence-electron chi connectivity index (χ0n) is 17.8. The van der Waals surface area contributed by atoms with Gasteiger partial charge in [-0.3, -0.25) is 14.9 Å². The van der Waals surface area contributed by atoms with Crippen molar-refractivity contribution in [1.82, 2.24) is 10.2 Å². The van der Waals surface area contributed by atoms with Gasteiger partial charge in [0, 0.05) is 10.2 Å². The van der Waals surface area contributed by atoms with Crippen LogP contribution in [0.2, 0.25) is 0 Å². The van der Waals surface area contributed by atoms with Crippen LogP contribution in [0.3, 0.4) is 0 Å². The average molecular weight is 344 g/mol. The van der Waals surface area contributed by atoms with Crippen molar-refractivity contribution < 1.29 is 30.1 Å². The molecule has 2 aliphatic rings. The van der Waals surface area contributed by atoms with Crippen LogP contribution in [0.1, 0.15) is 64.2 Å². The van der Waals surface area contributed by atoms with Crippen LogP contribution in [-0.2, 0) is 14.4 Å². The number of carboxylic acids is 2. The number of likely N-dealkylation sites (tertiary alicyclic amines) is 1. The molecule has 136 valence electrons. The fourth-order valence-electron chi connectivity index (χ4n) is 3.88. The first kappa shape index (κ1) is 13.6. The molecule has 0 aromatic heterocycles. The van der Waals surface area contributed by atoms with Gasteiger partial charge in [0.15, 0.2) is 0 Å². The summed E-state index contributed by atoms with van der Waals surface area (Å²) in [7, 11) is 0. The number of nitrogens with zero attached hydrogens (tertiary/aromatic N) is 1. The number of rotatable bonds is 7. The molecule has 24 heavy (non-hydrogen) atoms. The molecule has 2 rings (SSSR count). The molecule has 2 fully saturated rings. The highest BCUT2D eigenvalue weighted by Crippen LogP contribution is 2.40. The van der Waals surface area contributed by atoms with Crippen LogP contribution in [0.5, 0.6) is 0 Å². The minimum Gasteiger partial charge on any atom is -0.480 e. The highest BCUT2D eigenvalue weighted by Gasteiger charge is 2.48. The molecule has 3 N–H and O–H groups in total. The minimum atomic E-state index is -3.18. The third kappa shape index (κ3) is 3.88. The number of amides is 1. The molecule has 0 aromatic rings. The number of hydrogen-bond donors (Lipinski definition) is 3. The van der Waals surface area contributed by atoms with Crippen LogP contribution < -0.4 is 5.32 Å². The van der Waals surface area contributed by atoms with Gasteiger partial charge in [-0.25, -0.2) is 4.79 Å². The van der Waals surface area contributed by atoms with E-state index < -0.39 is 48.8 Å². The summed E-state index contributed by atoms with van der Waals surface area (Å²) in [5, 5.41) is 21.2. The molecule has 0 spiro atoms. The maximum Gasteiger partial charge on any atom is 0.326 e. The molecule has 0 unspecified atom stereocenters. The largest absolute Gasteiger partial charge is 0.480 e. The Balaban J connectivity index is 2.42.